The molecule has 2 aromatic heterocycles. The zero-order valence-corrected chi connectivity index (χ0v) is 15.5. The van der Waals surface area contributed by atoms with Crippen LogP contribution in [0.5, 0.6) is 5.88 Å². The highest BCUT2D eigenvalue weighted by Gasteiger charge is 2.34. The van der Waals surface area contributed by atoms with Gasteiger partial charge in [0.1, 0.15) is 17.2 Å². The molecule has 5 nitrogen and oxygen atoms in total. The Bertz CT molecular complexity index is 769. The largest absolute Gasteiger partial charge is 0.481 e. The molecule has 0 saturated heterocycles. The van der Waals surface area contributed by atoms with Crippen LogP contribution in [0.4, 0.5) is 0 Å². The summed E-state index contributed by atoms with van der Waals surface area (Å²) >= 11 is 1.48. The first kappa shape index (κ1) is 17.7. The summed E-state index contributed by atoms with van der Waals surface area (Å²) in [7, 11) is 1.57. The fourth-order valence-electron chi connectivity index (χ4n) is 3.43. The quantitative estimate of drug-likeness (QED) is 0.580. The Morgan fingerprint density at radius 2 is 2.20 bits per heavy atom. The Morgan fingerprint density at radius 1 is 1.40 bits per heavy atom. The monoisotopic (exact) mass is 358 g/mol. The molecule has 0 N–H and O–H groups in total. The smallest absolute Gasteiger partial charge is 0.212 e. The SMILES string of the molecule is COc1ccc(-c2nc(C(C=O)C(=O)[C@@H]3CC[C@@H](C)C3)c(C)s2)cn1. The lowest BCUT2D eigenvalue weighted by molar-refractivity contribution is -0.127. The van der Waals surface area contributed by atoms with Gasteiger partial charge in [0.25, 0.3) is 0 Å². The van der Waals surface area contributed by atoms with Crippen LogP contribution in [-0.2, 0) is 9.59 Å². The second-order valence-corrected chi connectivity index (χ2v) is 7.88. The highest BCUT2D eigenvalue weighted by Crippen LogP contribution is 2.37. The van der Waals surface area contributed by atoms with E-state index in [1.165, 1.54) is 11.3 Å². The Labute approximate surface area is 151 Å². The van der Waals surface area contributed by atoms with Crippen molar-refractivity contribution in [3.05, 3.63) is 28.9 Å². The van der Waals surface area contributed by atoms with Crippen LogP contribution in [0.15, 0.2) is 18.3 Å². The second kappa shape index (κ2) is 7.44. The standard InChI is InChI=1S/C19H22N2O3S/c1-11-4-5-13(8-11)18(23)15(10-22)17-12(2)25-19(21-17)14-6-7-16(24-3)20-9-14/h6-7,9-11,13,15H,4-5,8H2,1-3H3/t11-,13-,15?/m1/s1. The van der Waals surface area contributed by atoms with Gasteiger partial charge in [0.15, 0.2) is 5.78 Å². The van der Waals surface area contributed by atoms with Crippen molar-refractivity contribution in [1.29, 1.82) is 0 Å². The number of aromatic nitrogens is 2. The van der Waals surface area contributed by atoms with Crippen molar-refractivity contribution >= 4 is 23.4 Å². The van der Waals surface area contributed by atoms with Gasteiger partial charge in [0, 0.05) is 28.6 Å². The number of ketones is 1. The van der Waals surface area contributed by atoms with Gasteiger partial charge in [-0.05, 0) is 38.2 Å². The highest BCUT2D eigenvalue weighted by molar-refractivity contribution is 7.15. The number of aldehydes is 1. The number of methoxy groups -OCH3 is 1. The minimum atomic E-state index is -0.758. The molecule has 0 amide bonds. The number of pyridine rings is 1. The molecule has 0 aliphatic heterocycles. The van der Waals surface area contributed by atoms with Crippen molar-refractivity contribution in [1.82, 2.24) is 9.97 Å². The number of aryl methyl sites for hydroxylation is 1. The minimum Gasteiger partial charge on any atom is -0.481 e. The van der Waals surface area contributed by atoms with E-state index in [-0.39, 0.29) is 11.7 Å². The van der Waals surface area contributed by atoms with E-state index in [0.717, 1.165) is 41.0 Å². The molecule has 2 heterocycles. The van der Waals surface area contributed by atoms with Gasteiger partial charge < -0.3 is 9.53 Å². The Hall–Kier alpha value is -2.08. The Balaban J connectivity index is 1.86. The molecule has 0 bridgehead atoms. The summed E-state index contributed by atoms with van der Waals surface area (Å²) in [5, 5.41) is 0.766. The fraction of sp³-hybridized carbons (Fsp3) is 0.474. The molecule has 6 heteroatoms. The molecule has 3 rings (SSSR count). The third kappa shape index (κ3) is 3.63. The maximum atomic E-state index is 12.8. The maximum absolute atomic E-state index is 12.8. The van der Waals surface area contributed by atoms with Crippen LogP contribution in [0.3, 0.4) is 0 Å². The molecule has 1 fully saturated rings. The summed E-state index contributed by atoms with van der Waals surface area (Å²) in [5.74, 6) is 0.336. The minimum absolute atomic E-state index is 0.0163. The average Bonchev–Trinajstić information content (AvgIpc) is 3.22. The lowest BCUT2D eigenvalue weighted by atomic mass is 9.89. The number of nitrogens with zero attached hydrogens (tertiary/aromatic N) is 2. The van der Waals surface area contributed by atoms with Crippen molar-refractivity contribution < 1.29 is 14.3 Å². The molecule has 1 unspecified atom stereocenters. The molecule has 0 radical (unpaired) electrons. The van der Waals surface area contributed by atoms with E-state index in [1.54, 1.807) is 19.4 Å². The summed E-state index contributed by atoms with van der Waals surface area (Å²) in [5.41, 5.74) is 1.45. The normalized spacial score (nSPS) is 21.1. The molecular formula is C19H22N2O3S. The van der Waals surface area contributed by atoms with Crippen LogP contribution in [0.2, 0.25) is 0 Å². The molecule has 132 valence electrons. The van der Waals surface area contributed by atoms with Gasteiger partial charge in [-0.3, -0.25) is 4.79 Å². The number of ether oxygens (including phenoxy) is 1. The molecule has 0 aromatic carbocycles. The number of carbonyl (C=O) groups excluding carboxylic acids is 2. The lowest BCUT2D eigenvalue weighted by Crippen LogP contribution is -2.22. The van der Waals surface area contributed by atoms with Crippen molar-refractivity contribution in [2.24, 2.45) is 11.8 Å². The number of hydrogen-bond donors (Lipinski definition) is 0. The molecule has 1 saturated carbocycles. The van der Waals surface area contributed by atoms with E-state index in [2.05, 4.69) is 16.9 Å². The summed E-state index contributed by atoms with van der Waals surface area (Å²) in [4.78, 5) is 34.2. The zero-order valence-electron chi connectivity index (χ0n) is 14.7. The summed E-state index contributed by atoms with van der Waals surface area (Å²) in [6.45, 7) is 4.07. The first-order chi connectivity index (χ1) is 12.0. The number of hydrogen-bond acceptors (Lipinski definition) is 6. The van der Waals surface area contributed by atoms with Gasteiger partial charge in [-0.25, -0.2) is 9.97 Å². The highest BCUT2D eigenvalue weighted by atomic mass is 32.1. The third-order valence-electron chi connectivity index (χ3n) is 4.86. The fourth-order valence-corrected chi connectivity index (χ4v) is 4.38. The van der Waals surface area contributed by atoms with Crippen molar-refractivity contribution in [3.8, 4) is 16.5 Å². The molecule has 2 aromatic rings. The number of Topliss-reactive ketones (excluding diaryl/α,β-unsaturated/α-hetero) is 1. The first-order valence-corrected chi connectivity index (χ1v) is 9.32. The topological polar surface area (TPSA) is 69.2 Å². The van der Waals surface area contributed by atoms with Gasteiger partial charge in [-0.1, -0.05) is 6.92 Å². The Kier molecular flexibility index (Phi) is 5.27. The first-order valence-electron chi connectivity index (χ1n) is 8.50. The van der Waals surface area contributed by atoms with Gasteiger partial charge in [0.2, 0.25) is 5.88 Å². The van der Waals surface area contributed by atoms with E-state index in [0.29, 0.717) is 17.5 Å². The van der Waals surface area contributed by atoms with E-state index >= 15 is 0 Å². The van der Waals surface area contributed by atoms with Crippen LogP contribution in [-0.4, -0.2) is 29.1 Å². The van der Waals surface area contributed by atoms with Gasteiger partial charge >= 0.3 is 0 Å². The van der Waals surface area contributed by atoms with Crippen LogP contribution in [0.1, 0.15) is 42.7 Å². The molecule has 25 heavy (non-hydrogen) atoms. The lowest BCUT2D eigenvalue weighted by Gasteiger charge is -2.13. The van der Waals surface area contributed by atoms with Gasteiger partial charge in [-0.2, -0.15) is 0 Å². The zero-order chi connectivity index (χ0) is 18.0. The molecule has 0 spiro atoms. The second-order valence-electron chi connectivity index (χ2n) is 6.68. The number of carbonyl (C=O) groups is 2. The maximum Gasteiger partial charge on any atom is 0.212 e. The predicted octanol–water partition coefficient (Wildman–Crippen LogP) is 3.81. The third-order valence-corrected chi connectivity index (χ3v) is 5.89. The van der Waals surface area contributed by atoms with Crippen LogP contribution in [0.25, 0.3) is 10.6 Å². The Morgan fingerprint density at radius 3 is 2.76 bits per heavy atom. The summed E-state index contributed by atoms with van der Waals surface area (Å²) in [6.07, 6.45) is 5.26. The predicted molar refractivity (Wildman–Crippen MR) is 97.0 cm³/mol. The van der Waals surface area contributed by atoms with Crippen molar-refractivity contribution in [2.45, 2.75) is 39.0 Å². The van der Waals surface area contributed by atoms with Crippen LogP contribution < -0.4 is 4.74 Å². The van der Waals surface area contributed by atoms with Crippen molar-refractivity contribution in [2.75, 3.05) is 7.11 Å². The van der Waals surface area contributed by atoms with Gasteiger partial charge in [-0.15, -0.1) is 11.3 Å². The van der Waals surface area contributed by atoms with Crippen molar-refractivity contribution in [3.63, 3.8) is 0 Å². The number of thiazole rings is 1. The van der Waals surface area contributed by atoms with E-state index in [9.17, 15) is 9.59 Å². The van der Waals surface area contributed by atoms with Gasteiger partial charge in [0.05, 0.1) is 12.8 Å². The summed E-state index contributed by atoms with van der Waals surface area (Å²) < 4.78 is 5.07. The van der Waals surface area contributed by atoms with E-state index < -0.39 is 5.92 Å². The van der Waals surface area contributed by atoms with Crippen LogP contribution in [0, 0.1) is 18.8 Å². The molecule has 1 aliphatic carbocycles. The number of rotatable bonds is 6. The average molecular weight is 358 g/mol. The van der Waals surface area contributed by atoms with E-state index in [4.69, 9.17) is 4.74 Å². The molecule has 1 aliphatic rings. The molecular weight excluding hydrogens is 336 g/mol. The molecule has 3 atom stereocenters. The van der Waals surface area contributed by atoms with Crippen LogP contribution >= 0.6 is 11.3 Å². The van der Waals surface area contributed by atoms with E-state index in [1.807, 2.05) is 13.0 Å². The summed E-state index contributed by atoms with van der Waals surface area (Å²) in [6, 6.07) is 3.65.